The van der Waals surface area contributed by atoms with Crippen molar-refractivity contribution in [1.29, 1.82) is 0 Å². The van der Waals surface area contributed by atoms with E-state index in [1.807, 2.05) is 45.2 Å². The zero-order chi connectivity index (χ0) is 17.8. The largest absolute Gasteiger partial charge is 0.461 e. The summed E-state index contributed by atoms with van der Waals surface area (Å²) in [6.07, 6.45) is 0. The fourth-order valence-corrected chi connectivity index (χ4v) is 3.58. The molecule has 23 heavy (non-hydrogen) atoms. The highest BCUT2D eigenvalue weighted by molar-refractivity contribution is 14.1. The number of benzene rings is 1. The maximum atomic E-state index is 12.1. The Kier molecular flexibility index (Phi) is 7.41. The van der Waals surface area contributed by atoms with E-state index in [-0.39, 0.29) is 16.9 Å². The van der Waals surface area contributed by atoms with Gasteiger partial charge in [0, 0.05) is 9.14 Å². The van der Waals surface area contributed by atoms with E-state index in [0.29, 0.717) is 7.14 Å². The van der Waals surface area contributed by atoms with Gasteiger partial charge in [0.1, 0.15) is 18.1 Å². The molecule has 0 aliphatic heterocycles. The Morgan fingerprint density at radius 2 is 1.91 bits per heavy atom. The van der Waals surface area contributed by atoms with Crippen molar-refractivity contribution in [2.24, 2.45) is 0 Å². The minimum atomic E-state index is -4.22. The minimum Gasteiger partial charge on any atom is -0.461 e. The van der Waals surface area contributed by atoms with Crippen molar-refractivity contribution >= 4 is 67.2 Å². The van der Waals surface area contributed by atoms with E-state index >= 15 is 0 Å². The van der Waals surface area contributed by atoms with Crippen molar-refractivity contribution in [2.45, 2.75) is 6.92 Å². The summed E-state index contributed by atoms with van der Waals surface area (Å²) in [5.74, 6) is -1.94. The molecule has 10 heteroatoms. The molecule has 1 aromatic carbocycles. The number of rotatable bonds is 6. The first kappa shape index (κ1) is 20.3. The quantitative estimate of drug-likeness (QED) is 0.186. The Labute approximate surface area is 160 Å². The molecular formula is C13H12I2O7S. The maximum absolute atomic E-state index is 12.1. The average Bonchev–Trinajstić information content (AvgIpc) is 2.40. The number of hydrogen-bond donors (Lipinski definition) is 1. The lowest BCUT2D eigenvalue weighted by molar-refractivity contribution is -0.130. The smallest absolute Gasteiger partial charge is 0.340 e. The van der Waals surface area contributed by atoms with Crippen LogP contribution in [0.2, 0.25) is 0 Å². The fourth-order valence-electron chi connectivity index (χ4n) is 1.30. The standard InChI is InChI=1S/C13H12I2O7S/c1-7(2)12(16)22-9-4-3-8(14)10(11(9)15)13(17)21-5-6-23(18,19)20/h3-4H,1,5-6H2,2H3,(H,18,19,20). The SMILES string of the molecule is C=C(C)C(=O)Oc1ccc(I)c(C(=O)OCCS(=O)(=O)O)c1I. The zero-order valence-electron chi connectivity index (χ0n) is 11.8. The molecule has 0 unspecified atom stereocenters. The van der Waals surface area contributed by atoms with E-state index in [2.05, 4.69) is 6.58 Å². The molecule has 0 radical (unpaired) electrons. The van der Waals surface area contributed by atoms with Gasteiger partial charge in [-0.3, -0.25) is 4.55 Å². The molecule has 0 aliphatic carbocycles. The fraction of sp³-hybridized carbons (Fsp3) is 0.231. The van der Waals surface area contributed by atoms with Gasteiger partial charge in [-0.25, -0.2) is 9.59 Å². The zero-order valence-corrected chi connectivity index (χ0v) is 17.0. The molecule has 0 bridgehead atoms. The predicted molar refractivity (Wildman–Crippen MR) is 99.0 cm³/mol. The summed E-state index contributed by atoms with van der Waals surface area (Å²) in [6, 6.07) is 3.09. The average molecular weight is 566 g/mol. The van der Waals surface area contributed by atoms with E-state index in [1.54, 1.807) is 6.07 Å². The first-order valence-electron chi connectivity index (χ1n) is 6.01. The van der Waals surface area contributed by atoms with Crippen molar-refractivity contribution in [3.05, 3.63) is 37.0 Å². The van der Waals surface area contributed by atoms with Gasteiger partial charge < -0.3 is 9.47 Å². The van der Waals surface area contributed by atoms with Gasteiger partial charge in [-0.15, -0.1) is 0 Å². The highest BCUT2D eigenvalue weighted by Crippen LogP contribution is 2.29. The summed E-state index contributed by atoms with van der Waals surface area (Å²) in [5, 5.41) is 0. The highest BCUT2D eigenvalue weighted by atomic mass is 127. The van der Waals surface area contributed by atoms with E-state index in [1.165, 1.54) is 13.0 Å². The Hall–Kier alpha value is -0.730. The van der Waals surface area contributed by atoms with Crippen LogP contribution in [0.25, 0.3) is 0 Å². The summed E-state index contributed by atoms with van der Waals surface area (Å²) in [6.45, 7) is 4.47. The third-order valence-corrected chi connectivity index (χ3v) is 5.04. The van der Waals surface area contributed by atoms with Gasteiger partial charge in [0.05, 0.1) is 9.13 Å². The van der Waals surface area contributed by atoms with Crippen molar-refractivity contribution in [2.75, 3.05) is 12.4 Å². The summed E-state index contributed by atoms with van der Waals surface area (Å²) >= 11 is 3.73. The molecule has 0 saturated carbocycles. The summed E-state index contributed by atoms with van der Waals surface area (Å²) in [5.41, 5.74) is 0.352. The summed E-state index contributed by atoms with van der Waals surface area (Å²) < 4.78 is 40.7. The van der Waals surface area contributed by atoms with Gasteiger partial charge in [0.25, 0.3) is 10.1 Å². The van der Waals surface area contributed by atoms with Gasteiger partial charge in [0.2, 0.25) is 0 Å². The Morgan fingerprint density at radius 3 is 2.43 bits per heavy atom. The van der Waals surface area contributed by atoms with Crippen LogP contribution in [0.15, 0.2) is 24.3 Å². The van der Waals surface area contributed by atoms with Crippen LogP contribution in [0.1, 0.15) is 17.3 Å². The number of carbonyl (C=O) groups is 2. The Morgan fingerprint density at radius 1 is 1.30 bits per heavy atom. The molecular weight excluding hydrogens is 554 g/mol. The molecule has 0 aliphatic rings. The van der Waals surface area contributed by atoms with Gasteiger partial charge in [0.15, 0.2) is 0 Å². The summed E-state index contributed by atoms with van der Waals surface area (Å²) in [4.78, 5) is 23.7. The van der Waals surface area contributed by atoms with Crippen molar-refractivity contribution < 1.29 is 32.0 Å². The van der Waals surface area contributed by atoms with E-state index in [4.69, 9.17) is 14.0 Å². The highest BCUT2D eigenvalue weighted by Gasteiger charge is 2.21. The van der Waals surface area contributed by atoms with Crippen LogP contribution < -0.4 is 4.74 Å². The number of hydrogen-bond acceptors (Lipinski definition) is 6. The molecule has 126 valence electrons. The molecule has 1 rings (SSSR count). The molecule has 0 fully saturated rings. The lowest BCUT2D eigenvalue weighted by Gasteiger charge is -2.12. The van der Waals surface area contributed by atoms with Crippen LogP contribution in [0.3, 0.4) is 0 Å². The molecule has 0 aromatic heterocycles. The normalized spacial score (nSPS) is 11.0. The first-order valence-corrected chi connectivity index (χ1v) is 9.77. The van der Waals surface area contributed by atoms with Crippen LogP contribution in [0, 0.1) is 7.14 Å². The van der Waals surface area contributed by atoms with E-state index in [0.717, 1.165) is 0 Å². The first-order chi connectivity index (χ1) is 10.5. The van der Waals surface area contributed by atoms with Crippen molar-refractivity contribution in [1.82, 2.24) is 0 Å². The molecule has 7 nitrogen and oxygen atoms in total. The number of esters is 2. The van der Waals surface area contributed by atoms with Gasteiger partial charge in [-0.05, 0) is 64.2 Å². The number of carbonyl (C=O) groups excluding carboxylic acids is 2. The Balaban J connectivity index is 2.99. The molecule has 0 amide bonds. The number of ether oxygens (including phenoxy) is 2. The third kappa shape index (κ3) is 6.35. The lowest BCUT2D eigenvalue weighted by atomic mass is 10.2. The summed E-state index contributed by atoms with van der Waals surface area (Å²) in [7, 11) is -4.22. The van der Waals surface area contributed by atoms with Gasteiger partial charge in [-0.2, -0.15) is 8.42 Å². The second kappa shape index (κ2) is 8.39. The van der Waals surface area contributed by atoms with Crippen LogP contribution >= 0.6 is 45.2 Å². The molecule has 0 spiro atoms. The van der Waals surface area contributed by atoms with Gasteiger partial charge >= 0.3 is 11.9 Å². The van der Waals surface area contributed by atoms with Crippen molar-refractivity contribution in [3.8, 4) is 5.75 Å². The monoisotopic (exact) mass is 566 g/mol. The lowest BCUT2D eigenvalue weighted by Crippen LogP contribution is -2.17. The molecule has 0 saturated heterocycles. The molecule has 0 atom stereocenters. The van der Waals surface area contributed by atoms with Crippen LogP contribution in [-0.2, 0) is 19.6 Å². The topological polar surface area (TPSA) is 107 Å². The van der Waals surface area contributed by atoms with E-state index in [9.17, 15) is 18.0 Å². The number of halogens is 2. The molecule has 0 heterocycles. The van der Waals surface area contributed by atoms with Crippen LogP contribution in [0.5, 0.6) is 5.75 Å². The minimum absolute atomic E-state index is 0.147. The molecule has 1 aromatic rings. The van der Waals surface area contributed by atoms with Crippen molar-refractivity contribution in [3.63, 3.8) is 0 Å². The predicted octanol–water partition coefficient (Wildman–Crippen LogP) is 2.42. The molecule has 1 N–H and O–H groups in total. The van der Waals surface area contributed by atoms with Crippen LogP contribution in [0.4, 0.5) is 0 Å². The van der Waals surface area contributed by atoms with E-state index < -0.39 is 34.4 Å². The van der Waals surface area contributed by atoms with Crippen LogP contribution in [-0.4, -0.2) is 37.3 Å². The van der Waals surface area contributed by atoms with Gasteiger partial charge in [-0.1, -0.05) is 6.58 Å². The Bertz CT molecular complexity index is 756. The second-order valence-corrected chi connectivity index (χ2v) is 8.14. The second-order valence-electron chi connectivity index (χ2n) is 4.33. The third-order valence-electron chi connectivity index (χ3n) is 2.39. The maximum Gasteiger partial charge on any atom is 0.340 e.